The van der Waals surface area contributed by atoms with E-state index in [1.165, 1.54) is 31.4 Å². The van der Waals surface area contributed by atoms with Crippen molar-refractivity contribution in [3.05, 3.63) is 71.3 Å². The van der Waals surface area contributed by atoms with Crippen molar-refractivity contribution in [1.29, 1.82) is 0 Å². The third-order valence-electron chi connectivity index (χ3n) is 4.99. The van der Waals surface area contributed by atoms with Crippen LogP contribution in [0.5, 0.6) is 5.75 Å². The van der Waals surface area contributed by atoms with Crippen LogP contribution in [0.1, 0.15) is 24.0 Å². The Balaban J connectivity index is 1.79. The Bertz CT molecular complexity index is 1080. The number of rotatable bonds is 4. The Labute approximate surface area is 156 Å². The average Bonchev–Trinajstić information content (AvgIpc) is 3.24. The molecule has 1 spiro atoms. The molecule has 1 saturated carbocycles. The number of halogens is 2. The summed E-state index contributed by atoms with van der Waals surface area (Å²) in [6.45, 7) is 0. The molecule has 0 unspecified atom stereocenters. The van der Waals surface area contributed by atoms with Crippen LogP contribution >= 0.6 is 0 Å². The number of sulfonamides is 1. The van der Waals surface area contributed by atoms with Crippen molar-refractivity contribution >= 4 is 21.2 Å². The maximum absolute atomic E-state index is 14.2. The van der Waals surface area contributed by atoms with Crippen LogP contribution in [0.25, 0.3) is 11.1 Å². The van der Waals surface area contributed by atoms with E-state index in [0.29, 0.717) is 5.56 Å². The summed E-state index contributed by atoms with van der Waals surface area (Å²) in [6, 6.07) is 8.66. The van der Waals surface area contributed by atoms with Gasteiger partial charge in [0.2, 0.25) is 10.0 Å². The zero-order chi connectivity index (χ0) is 19.4. The lowest BCUT2D eigenvalue weighted by molar-refractivity contribution is 0.359. The largest absolute Gasteiger partial charge is 0.491 e. The first kappa shape index (κ1) is 17.9. The van der Waals surface area contributed by atoms with Crippen molar-refractivity contribution in [2.24, 2.45) is 10.6 Å². The molecule has 0 atom stereocenters. The van der Waals surface area contributed by atoms with Crippen molar-refractivity contribution in [3.8, 4) is 5.75 Å². The van der Waals surface area contributed by atoms with Crippen LogP contribution in [-0.4, -0.2) is 15.5 Å². The summed E-state index contributed by atoms with van der Waals surface area (Å²) in [4.78, 5) is 0.0121. The fourth-order valence-corrected chi connectivity index (χ4v) is 3.93. The summed E-state index contributed by atoms with van der Waals surface area (Å²) < 4.78 is 56.1. The van der Waals surface area contributed by atoms with Crippen molar-refractivity contribution in [1.82, 2.24) is 0 Å². The number of allylic oxidation sites excluding steroid dienone is 4. The Morgan fingerprint density at radius 2 is 1.48 bits per heavy atom. The molecule has 0 aromatic heterocycles. The number of primary sulfonamides is 1. The van der Waals surface area contributed by atoms with Gasteiger partial charge in [-0.15, -0.1) is 0 Å². The maximum atomic E-state index is 14.2. The maximum Gasteiger partial charge on any atom is 0.238 e. The van der Waals surface area contributed by atoms with E-state index < -0.39 is 27.4 Å². The minimum atomic E-state index is -3.79. The quantitative estimate of drug-likeness (QED) is 0.863. The average molecular weight is 389 g/mol. The number of methoxy groups -OCH3 is 1. The Kier molecular flexibility index (Phi) is 3.98. The number of ether oxygens (including phenoxy) is 1. The van der Waals surface area contributed by atoms with E-state index >= 15 is 0 Å². The summed E-state index contributed by atoms with van der Waals surface area (Å²) in [5.41, 5.74) is 2.62. The smallest absolute Gasteiger partial charge is 0.238 e. The van der Waals surface area contributed by atoms with Crippen LogP contribution in [0.15, 0.2) is 53.4 Å². The van der Waals surface area contributed by atoms with Gasteiger partial charge in [0.05, 0.1) is 12.0 Å². The zero-order valence-corrected chi connectivity index (χ0v) is 15.3. The normalized spacial score (nSPS) is 17.6. The van der Waals surface area contributed by atoms with Crippen molar-refractivity contribution < 1.29 is 21.9 Å². The lowest BCUT2D eigenvalue weighted by Crippen LogP contribution is -2.11. The van der Waals surface area contributed by atoms with Crippen LogP contribution in [-0.2, 0) is 10.0 Å². The molecule has 2 aromatic carbocycles. The minimum absolute atomic E-state index is 0.0121. The summed E-state index contributed by atoms with van der Waals surface area (Å²) in [5.74, 6) is -1.95. The first-order valence-electron chi connectivity index (χ1n) is 8.35. The molecule has 2 aliphatic carbocycles. The highest BCUT2D eigenvalue weighted by atomic mass is 32.2. The van der Waals surface area contributed by atoms with E-state index in [4.69, 9.17) is 9.88 Å². The highest BCUT2D eigenvalue weighted by Gasteiger charge is 2.43. The van der Waals surface area contributed by atoms with Crippen LogP contribution in [0.2, 0.25) is 0 Å². The molecular formula is C20H17F2NO3S. The van der Waals surface area contributed by atoms with Gasteiger partial charge in [-0.2, -0.15) is 0 Å². The summed E-state index contributed by atoms with van der Waals surface area (Å²) in [7, 11) is -2.57. The van der Waals surface area contributed by atoms with Gasteiger partial charge in [0.25, 0.3) is 0 Å². The van der Waals surface area contributed by atoms with Crippen molar-refractivity contribution in [2.45, 2.75) is 17.7 Å². The van der Waals surface area contributed by atoms with Gasteiger partial charge in [0.1, 0.15) is 0 Å². The lowest BCUT2D eigenvalue weighted by atomic mass is 9.95. The van der Waals surface area contributed by atoms with Gasteiger partial charge in [0.15, 0.2) is 17.4 Å². The topological polar surface area (TPSA) is 69.4 Å². The predicted molar refractivity (Wildman–Crippen MR) is 98.3 cm³/mol. The van der Waals surface area contributed by atoms with Crippen LogP contribution in [0.3, 0.4) is 0 Å². The first-order valence-corrected chi connectivity index (χ1v) is 9.90. The second-order valence-corrected chi connectivity index (χ2v) is 8.45. The Hall–Kier alpha value is -2.51. The van der Waals surface area contributed by atoms with E-state index in [1.807, 2.05) is 6.08 Å². The van der Waals surface area contributed by atoms with Gasteiger partial charge in [-0.25, -0.2) is 22.3 Å². The molecule has 140 valence electrons. The van der Waals surface area contributed by atoms with Gasteiger partial charge in [-0.3, -0.25) is 0 Å². The molecule has 0 bridgehead atoms. The SMILES string of the molecule is COc1c(F)cc(C2=CC3(C=C2c2ccc(S(N)(=O)=O)cc2)CC3)cc1F. The molecule has 0 saturated heterocycles. The molecule has 7 heteroatoms. The number of hydrogen-bond acceptors (Lipinski definition) is 3. The zero-order valence-electron chi connectivity index (χ0n) is 14.5. The van der Waals surface area contributed by atoms with Crippen LogP contribution in [0, 0.1) is 17.0 Å². The van der Waals surface area contributed by atoms with E-state index in [1.54, 1.807) is 12.1 Å². The van der Waals surface area contributed by atoms with E-state index in [0.717, 1.165) is 29.6 Å². The monoisotopic (exact) mass is 389 g/mol. The van der Waals surface area contributed by atoms with Gasteiger partial charge in [0, 0.05) is 5.41 Å². The molecular weight excluding hydrogens is 372 g/mol. The Morgan fingerprint density at radius 3 is 1.93 bits per heavy atom. The highest BCUT2D eigenvalue weighted by Crippen LogP contribution is 2.57. The molecule has 0 aliphatic heterocycles. The second kappa shape index (κ2) is 6.00. The van der Waals surface area contributed by atoms with Gasteiger partial charge in [-0.1, -0.05) is 24.3 Å². The molecule has 0 amide bonds. The molecule has 0 radical (unpaired) electrons. The lowest BCUT2D eigenvalue weighted by Gasteiger charge is -2.12. The van der Waals surface area contributed by atoms with Crippen LogP contribution in [0.4, 0.5) is 8.78 Å². The fourth-order valence-electron chi connectivity index (χ4n) is 3.42. The Morgan fingerprint density at radius 1 is 0.963 bits per heavy atom. The third kappa shape index (κ3) is 3.17. The molecule has 4 nitrogen and oxygen atoms in total. The summed E-state index contributed by atoms with van der Waals surface area (Å²) >= 11 is 0. The second-order valence-electron chi connectivity index (χ2n) is 6.89. The molecule has 2 N–H and O–H groups in total. The molecule has 2 aromatic rings. The molecule has 1 fully saturated rings. The number of nitrogens with two attached hydrogens (primary N) is 1. The van der Waals surface area contributed by atoms with Crippen molar-refractivity contribution in [3.63, 3.8) is 0 Å². The molecule has 2 aliphatic rings. The highest BCUT2D eigenvalue weighted by molar-refractivity contribution is 7.89. The van der Waals surface area contributed by atoms with Crippen molar-refractivity contribution in [2.75, 3.05) is 7.11 Å². The van der Waals surface area contributed by atoms with E-state index in [-0.39, 0.29) is 10.3 Å². The van der Waals surface area contributed by atoms with Crippen LogP contribution < -0.4 is 9.88 Å². The first-order chi connectivity index (χ1) is 12.7. The molecule has 27 heavy (non-hydrogen) atoms. The van der Waals surface area contributed by atoms with E-state index in [9.17, 15) is 17.2 Å². The van der Waals surface area contributed by atoms with Gasteiger partial charge >= 0.3 is 0 Å². The summed E-state index contributed by atoms with van der Waals surface area (Å²) in [5, 5.41) is 5.14. The third-order valence-corrected chi connectivity index (χ3v) is 5.92. The fraction of sp³-hybridized carbons (Fsp3) is 0.200. The minimum Gasteiger partial charge on any atom is -0.491 e. The summed E-state index contributed by atoms with van der Waals surface area (Å²) in [6.07, 6.45) is 6.04. The molecule has 4 rings (SSSR count). The van der Waals surface area contributed by atoms with Gasteiger partial charge in [-0.05, 0) is 59.4 Å². The number of benzene rings is 2. The van der Waals surface area contributed by atoms with E-state index in [2.05, 4.69) is 6.08 Å². The standard InChI is InChI=1S/C20H17F2NO3S/c1-26-19-17(21)8-13(9-18(19)22)16-11-20(6-7-20)10-15(16)12-2-4-14(5-3-12)27(23,24)25/h2-5,8-11H,6-7H2,1H3,(H2,23,24,25). The number of hydrogen-bond donors (Lipinski definition) is 1. The molecule has 0 heterocycles. The van der Waals surface area contributed by atoms with Gasteiger partial charge < -0.3 is 4.74 Å². The predicted octanol–water partition coefficient (Wildman–Crippen LogP) is 3.88.